The fourth-order valence-electron chi connectivity index (χ4n) is 4.20. The molecule has 2 aromatic carbocycles. The summed E-state index contributed by atoms with van der Waals surface area (Å²) < 4.78 is 0. The van der Waals surface area contributed by atoms with Gasteiger partial charge in [-0.25, -0.2) is 9.96 Å². The number of hydrogen-bond acceptors (Lipinski definition) is 5. The van der Waals surface area contributed by atoms with Crippen LogP contribution in [0.5, 0.6) is 0 Å². The van der Waals surface area contributed by atoms with Crippen molar-refractivity contribution in [3.05, 3.63) is 82.0 Å². The monoisotopic (exact) mass is 404 g/mol. The zero-order chi connectivity index (χ0) is 20.1. The van der Waals surface area contributed by atoms with Crippen LogP contribution < -0.4 is 9.96 Å². The maximum atomic E-state index is 13.5. The molecule has 3 aromatic rings. The minimum absolute atomic E-state index is 0.208. The number of rotatable bonds is 3. The lowest BCUT2D eigenvalue weighted by Crippen LogP contribution is -2.37. The van der Waals surface area contributed by atoms with E-state index in [9.17, 15) is 9.59 Å². The number of imide groups is 1. The lowest BCUT2D eigenvalue weighted by Gasteiger charge is -2.29. The number of fused-ring (bicyclic) bond motifs is 1. The Balaban J connectivity index is 1.59. The quantitative estimate of drug-likeness (QED) is 0.607. The molecule has 6 heteroatoms. The molecule has 2 aliphatic rings. The molecule has 2 saturated heterocycles. The summed E-state index contributed by atoms with van der Waals surface area (Å²) in [6, 6.07) is 18.9. The molecule has 3 heterocycles. The third-order valence-corrected chi connectivity index (χ3v) is 6.51. The zero-order valence-corrected chi connectivity index (χ0v) is 16.9. The molecule has 0 saturated carbocycles. The van der Waals surface area contributed by atoms with Gasteiger partial charge in [-0.1, -0.05) is 36.4 Å². The van der Waals surface area contributed by atoms with Crippen LogP contribution in [0.2, 0.25) is 0 Å². The van der Waals surface area contributed by atoms with Gasteiger partial charge >= 0.3 is 0 Å². The first-order valence-corrected chi connectivity index (χ1v) is 10.4. The van der Waals surface area contributed by atoms with E-state index in [1.807, 2.05) is 73.8 Å². The van der Waals surface area contributed by atoms with Crippen LogP contribution >= 0.6 is 11.3 Å². The van der Waals surface area contributed by atoms with Gasteiger partial charge in [-0.2, -0.15) is 0 Å². The van der Waals surface area contributed by atoms with Crippen molar-refractivity contribution in [1.29, 1.82) is 0 Å². The van der Waals surface area contributed by atoms with Gasteiger partial charge in [0.05, 0.1) is 11.4 Å². The van der Waals surface area contributed by atoms with Crippen LogP contribution in [0.3, 0.4) is 0 Å². The van der Waals surface area contributed by atoms with Crippen LogP contribution in [0.25, 0.3) is 0 Å². The fourth-order valence-corrected chi connectivity index (χ4v) is 5.06. The lowest BCUT2D eigenvalue weighted by atomic mass is 9.95. The summed E-state index contributed by atoms with van der Waals surface area (Å²) in [6.07, 6.45) is -0.824. The number of thiophene rings is 1. The summed E-state index contributed by atoms with van der Waals surface area (Å²) in [5.74, 6) is -1.09. The van der Waals surface area contributed by atoms with Crippen molar-refractivity contribution in [2.45, 2.75) is 26.0 Å². The van der Waals surface area contributed by atoms with Crippen molar-refractivity contribution in [3.63, 3.8) is 0 Å². The predicted octanol–water partition coefficient (Wildman–Crippen LogP) is 4.42. The molecule has 1 aromatic heterocycles. The Bertz CT molecular complexity index is 1100. The van der Waals surface area contributed by atoms with Crippen molar-refractivity contribution in [2.24, 2.45) is 5.92 Å². The second-order valence-electron chi connectivity index (χ2n) is 7.48. The van der Waals surface area contributed by atoms with Gasteiger partial charge in [0.2, 0.25) is 5.91 Å². The first kappa shape index (κ1) is 18.1. The molecule has 29 heavy (non-hydrogen) atoms. The number of anilines is 2. The highest BCUT2D eigenvalue weighted by atomic mass is 32.1. The number of amides is 2. The number of aryl methyl sites for hydroxylation is 2. The van der Waals surface area contributed by atoms with Crippen LogP contribution in [0.15, 0.2) is 66.0 Å². The predicted molar refractivity (Wildman–Crippen MR) is 113 cm³/mol. The lowest BCUT2D eigenvalue weighted by molar-refractivity contribution is -0.126. The third kappa shape index (κ3) is 2.79. The molecular weight excluding hydrogens is 384 g/mol. The Morgan fingerprint density at radius 1 is 0.931 bits per heavy atom. The van der Waals surface area contributed by atoms with E-state index >= 15 is 0 Å². The number of benzene rings is 2. The molecule has 2 fully saturated rings. The molecule has 5 nitrogen and oxygen atoms in total. The maximum absolute atomic E-state index is 13.5. The van der Waals surface area contributed by atoms with E-state index in [0.717, 1.165) is 21.7 Å². The number of carbonyl (C=O) groups excluding carboxylic acids is 2. The summed E-state index contributed by atoms with van der Waals surface area (Å²) in [6.45, 7) is 3.95. The number of hydroxylamine groups is 1. The Morgan fingerprint density at radius 2 is 1.76 bits per heavy atom. The Morgan fingerprint density at radius 3 is 2.48 bits per heavy atom. The average Bonchev–Trinajstić information content (AvgIpc) is 3.40. The second-order valence-corrected chi connectivity index (χ2v) is 8.45. The van der Waals surface area contributed by atoms with Gasteiger partial charge < -0.3 is 0 Å². The van der Waals surface area contributed by atoms with Crippen LogP contribution in [0.4, 0.5) is 11.4 Å². The normalized spacial score (nSPS) is 23.7. The highest BCUT2D eigenvalue weighted by Crippen LogP contribution is 2.49. The second kappa shape index (κ2) is 6.83. The first-order valence-electron chi connectivity index (χ1n) is 9.56. The largest absolute Gasteiger partial charge is 0.273 e. The topological polar surface area (TPSA) is 49.9 Å². The van der Waals surface area contributed by atoms with Crippen LogP contribution in [-0.4, -0.2) is 17.9 Å². The Hall–Kier alpha value is -2.96. The molecule has 0 aliphatic carbocycles. The molecule has 2 aliphatic heterocycles. The van der Waals surface area contributed by atoms with Crippen LogP contribution in [-0.2, 0) is 14.4 Å². The molecule has 5 rings (SSSR count). The highest BCUT2D eigenvalue weighted by Gasteiger charge is 2.60. The van der Waals surface area contributed by atoms with Gasteiger partial charge in [-0.05, 0) is 54.6 Å². The molecule has 2 amide bonds. The first-order chi connectivity index (χ1) is 14.1. The molecule has 0 N–H and O–H groups in total. The summed E-state index contributed by atoms with van der Waals surface area (Å²) in [5.41, 5.74) is 3.51. The molecule has 0 bridgehead atoms. The van der Waals surface area contributed by atoms with Gasteiger partial charge in [0.15, 0.2) is 6.10 Å². The van der Waals surface area contributed by atoms with E-state index in [1.165, 1.54) is 4.90 Å². The van der Waals surface area contributed by atoms with Gasteiger partial charge in [0.1, 0.15) is 12.0 Å². The molecule has 0 radical (unpaired) electrons. The number of carbonyl (C=O) groups is 2. The van der Waals surface area contributed by atoms with Crippen molar-refractivity contribution >= 4 is 34.5 Å². The van der Waals surface area contributed by atoms with Gasteiger partial charge in [0, 0.05) is 4.88 Å². The van der Waals surface area contributed by atoms with Crippen LogP contribution in [0, 0.1) is 19.8 Å². The summed E-state index contributed by atoms with van der Waals surface area (Å²) in [5, 5.41) is 3.75. The van der Waals surface area contributed by atoms with Gasteiger partial charge in [-0.15, -0.1) is 11.3 Å². The third-order valence-electron chi connectivity index (χ3n) is 5.56. The van der Waals surface area contributed by atoms with E-state index < -0.39 is 12.0 Å². The maximum Gasteiger partial charge on any atom is 0.266 e. The van der Waals surface area contributed by atoms with Crippen LogP contribution in [0.1, 0.15) is 22.0 Å². The van der Waals surface area contributed by atoms with Crippen molar-refractivity contribution in [2.75, 3.05) is 9.96 Å². The highest BCUT2D eigenvalue weighted by molar-refractivity contribution is 7.10. The van der Waals surface area contributed by atoms with E-state index in [4.69, 9.17) is 4.84 Å². The summed E-state index contributed by atoms with van der Waals surface area (Å²) >= 11 is 1.57. The minimum Gasteiger partial charge on any atom is -0.273 e. The summed E-state index contributed by atoms with van der Waals surface area (Å²) in [7, 11) is 0. The Labute approximate surface area is 173 Å². The van der Waals surface area contributed by atoms with E-state index in [2.05, 4.69) is 0 Å². The van der Waals surface area contributed by atoms with E-state index in [-0.39, 0.29) is 17.9 Å². The number of nitrogens with zero attached hydrogens (tertiary/aromatic N) is 2. The van der Waals surface area contributed by atoms with Gasteiger partial charge in [-0.3, -0.25) is 14.4 Å². The molecule has 146 valence electrons. The smallest absolute Gasteiger partial charge is 0.266 e. The molecule has 0 unspecified atom stereocenters. The minimum atomic E-state index is -0.824. The molecule has 0 spiro atoms. The molecule has 3 atom stereocenters. The summed E-state index contributed by atoms with van der Waals surface area (Å²) in [4.78, 5) is 35.2. The van der Waals surface area contributed by atoms with Crippen molar-refractivity contribution in [3.8, 4) is 0 Å². The van der Waals surface area contributed by atoms with Gasteiger partial charge in [0.25, 0.3) is 5.91 Å². The molecular formula is C23H20N2O3S. The fraction of sp³-hybridized carbons (Fsp3) is 0.217. The average molecular weight is 404 g/mol. The van der Waals surface area contributed by atoms with Crippen molar-refractivity contribution in [1.82, 2.24) is 0 Å². The van der Waals surface area contributed by atoms with E-state index in [1.54, 1.807) is 22.5 Å². The Kier molecular flexibility index (Phi) is 4.26. The standard InChI is InChI=1S/C23H20N2O3S/c1-14-7-5-9-16(13-14)24-22(26)19-20(18-11-6-12-29-18)25(28-21(19)23(24)27)17-10-4-3-8-15(17)2/h3-13,19-21H,1-2H3/t19-,20-,21+/m1/s1. The number of para-hydroxylation sites is 1. The number of hydrogen-bond donors (Lipinski definition) is 0. The van der Waals surface area contributed by atoms with Crippen molar-refractivity contribution < 1.29 is 14.4 Å². The SMILES string of the molecule is Cc1cccc(N2C(=O)[C@H]3[C@H](ON(c4ccccc4C)[C@@H]3c3cccs3)C2=O)c1. The zero-order valence-electron chi connectivity index (χ0n) is 16.1. The van der Waals surface area contributed by atoms with E-state index in [0.29, 0.717) is 5.69 Å².